The predicted molar refractivity (Wildman–Crippen MR) is 145 cm³/mol. The van der Waals surface area contributed by atoms with Gasteiger partial charge in [0, 0.05) is 11.1 Å². The number of halogens is 3. The average molecular weight is 635 g/mol. The first-order valence-electron chi connectivity index (χ1n) is 10.6. The van der Waals surface area contributed by atoms with Crippen LogP contribution >= 0.6 is 45.8 Å². The summed E-state index contributed by atoms with van der Waals surface area (Å²) in [5.41, 5.74) is 3.19. The van der Waals surface area contributed by atoms with Crippen molar-refractivity contribution in [3.63, 3.8) is 0 Å². The fourth-order valence-corrected chi connectivity index (χ4v) is 3.82. The van der Waals surface area contributed by atoms with E-state index >= 15 is 0 Å². The number of amides is 3. The van der Waals surface area contributed by atoms with Crippen molar-refractivity contribution in [2.45, 2.75) is 33.2 Å². The zero-order chi connectivity index (χ0) is 26.0. The minimum Gasteiger partial charge on any atom is -0.490 e. The lowest BCUT2D eigenvalue weighted by molar-refractivity contribution is -0.139. The molecule has 0 saturated heterocycles. The van der Waals surface area contributed by atoms with Gasteiger partial charge in [-0.25, -0.2) is 5.43 Å². The van der Waals surface area contributed by atoms with Gasteiger partial charge in [-0.1, -0.05) is 30.1 Å². The lowest BCUT2D eigenvalue weighted by atomic mass is 10.2. The molecule has 2 rings (SSSR count). The van der Waals surface area contributed by atoms with E-state index < -0.39 is 17.7 Å². The van der Waals surface area contributed by atoms with Crippen LogP contribution in [0.25, 0.3) is 0 Å². The van der Waals surface area contributed by atoms with Gasteiger partial charge in [0.1, 0.15) is 0 Å². The molecule has 35 heavy (non-hydrogen) atoms. The molecule has 0 bridgehead atoms. The maximum Gasteiger partial charge on any atom is 0.329 e. The second-order valence-electron chi connectivity index (χ2n) is 7.21. The molecule has 1 atom stereocenters. The minimum absolute atomic E-state index is 0.120. The van der Waals surface area contributed by atoms with E-state index in [4.69, 9.17) is 32.7 Å². The van der Waals surface area contributed by atoms with Crippen molar-refractivity contribution in [1.82, 2.24) is 10.7 Å². The third kappa shape index (κ3) is 9.19. The Morgan fingerprint density at radius 3 is 2.51 bits per heavy atom. The molecule has 9 nitrogen and oxygen atoms in total. The highest BCUT2D eigenvalue weighted by molar-refractivity contribution is 14.1. The number of hydrogen-bond donors (Lipinski definition) is 3. The Balaban J connectivity index is 2.05. The van der Waals surface area contributed by atoms with Gasteiger partial charge < -0.3 is 20.1 Å². The molecule has 12 heteroatoms. The third-order valence-corrected chi connectivity index (χ3v) is 5.81. The molecule has 0 aromatic heterocycles. The van der Waals surface area contributed by atoms with Crippen LogP contribution in [0.1, 0.15) is 32.8 Å². The van der Waals surface area contributed by atoms with Crippen LogP contribution in [0.2, 0.25) is 10.0 Å². The molecule has 0 aliphatic carbocycles. The van der Waals surface area contributed by atoms with Gasteiger partial charge in [-0.3, -0.25) is 14.4 Å². The number of anilines is 1. The number of hydrogen-bond acceptors (Lipinski definition) is 6. The maximum atomic E-state index is 12.4. The van der Waals surface area contributed by atoms with Gasteiger partial charge in [-0.2, -0.15) is 5.10 Å². The van der Waals surface area contributed by atoms with Gasteiger partial charge in [-0.05, 0) is 78.8 Å². The van der Waals surface area contributed by atoms with Crippen LogP contribution in [-0.4, -0.2) is 43.2 Å². The molecular weight excluding hydrogens is 610 g/mol. The third-order valence-electron chi connectivity index (χ3n) is 4.46. The van der Waals surface area contributed by atoms with Crippen LogP contribution < -0.4 is 25.5 Å². The topological polar surface area (TPSA) is 118 Å². The molecule has 0 unspecified atom stereocenters. The summed E-state index contributed by atoms with van der Waals surface area (Å²) in [6.07, 6.45) is 2.07. The average Bonchev–Trinajstić information content (AvgIpc) is 2.80. The lowest BCUT2D eigenvalue weighted by Crippen LogP contribution is -2.41. The number of ether oxygens (including phenoxy) is 2. The van der Waals surface area contributed by atoms with Crippen LogP contribution in [0.5, 0.6) is 11.5 Å². The highest BCUT2D eigenvalue weighted by Gasteiger charge is 2.16. The van der Waals surface area contributed by atoms with Gasteiger partial charge in [0.25, 0.3) is 5.91 Å². The Kier molecular flexibility index (Phi) is 11.5. The van der Waals surface area contributed by atoms with Crippen LogP contribution in [0.4, 0.5) is 5.69 Å². The normalized spacial score (nSPS) is 11.6. The zero-order valence-electron chi connectivity index (χ0n) is 19.3. The van der Waals surface area contributed by atoms with E-state index in [1.807, 2.05) is 36.4 Å². The Morgan fingerprint density at radius 1 is 1.11 bits per heavy atom. The molecule has 2 aromatic carbocycles. The number of nitrogens with zero attached hydrogens (tertiary/aromatic N) is 1. The highest BCUT2D eigenvalue weighted by atomic mass is 127. The molecule has 0 saturated carbocycles. The van der Waals surface area contributed by atoms with Crippen molar-refractivity contribution < 1.29 is 23.9 Å². The smallest absolute Gasteiger partial charge is 0.329 e. The summed E-state index contributed by atoms with van der Waals surface area (Å²) >= 11 is 14.0. The van der Waals surface area contributed by atoms with Gasteiger partial charge in [-0.15, -0.1) is 0 Å². The first kappa shape index (κ1) is 28.7. The van der Waals surface area contributed by atoms with Gasteiger partial charge in [0.2, 0.25) is 0 Å². The van der Waals surface area contributed by atoms with Crippen LogP contribution in [0.3, 0.4) is 0 Å². The summed E-state index contributed by atoms with van der Waals surface area (Å²) in [7, 11) is 0. The monoisotopic (exact) mass is 634 g/mol. The molecule has 0 radical (unpaired) electrons. The lowest BCUT2D eigenvalue weighted by Gasteiger charge is -2.15. The van der Waals surface area contributed by atoms with Crippen LogP contribution in [0.15, 0.2) is 35.4 Å². The van der Waals surface area contributed by atoms with Gasteiger partial charge >= 0.3 is 11.8 Å². The fourth-order valence-electron chi connectivity index (χ4n) is 2.59. The van der Waals surface area contributed by atoms with Crippen molar-refractivity contribution in [2.75, 3.05) is 18.5 Å². The Hall–Kier alpha value is -2.57. The summed E-state index contributed by atoms with van der Waals surface area (Å²) in [5, 5.41) is 9.81. The number of benzene rings is 2. The number of rotatable bonds is 10. The SMILES string of the molecule is CCOc1cc(/C=N\NC(=O)C(=O)N[C@H](C)CC)cc(I)c1OCC(=O)Nc1ccc(Cl)cc1Cl. The summed E-state index contributed by atoms with van der Waals surface area (Å²) < 4.78 is 12.0. The quantitative estimate of drug-likeness (QED) is 0.155. The standard InChI is InChI=1S/C23H25Cl2IN4O5/c1-4-13(3)28-22(32)23(33)30-27-11-14-8-17(26)21(19(9-14)34-5-2)35-12-20(31)29-18-7-6-15(24)10-16(18)25/h6-11,13H,4-5,12H2,1-3H3,(H,28,32)(H,29,31)(H,30,33)/b27-11-/t13-/m1/s1. The van der Waals surface area contributed by atoms with E-state index in [0.717, 1.165) is 0 Å². The zero-order valence-corrected chi connectivity index (χ0v) is 23.0. The van der Waals surface area contributed by atoms with E-state index in [2.05, 4.69) is 21.2 Å². The molecule has 2 aromatic rings. The molecule has 0 aliphatic heterocycles. The molecule has 188 valence electrons. The van der Waals surface area contributed by atoms with E-state index in [1.54, 1.807) is 31.2 Å². The first-order chi connectivity index (χ1) is 16.6. The number of carbonyl (C=O) groups is 3. The Labute approximate surface area is 227 Å². The molecule has 3 amide bonds. The van der Waals surface area contributed by atoms with E-state index in [1.165, 1.54) is 12.3 Å². The van der Waals surface area contributed by atoms with Gasteiger partial charge in [0.05, 0.1) is 27.1 Å². The second-order valence-corrected chi connectivity index (χ2v) is 9.21. The van der Waals surface area contributed by atoms with Crippen molar-refractivity contribution in [3.8, 4) is 11.5 Å². The van der Waals surface area contributed by atoms with Gasteiger partial charge in [0.15, 0.2) is 18.1 Å². The van der Waals surface area contributed by atoms with E-state index in [9.17, 15) is 14.4 Å². The number of nitrogens with one attached hydrogen (secondary N) is 3. The minimum atomic E-state index is -0.868. The second kappa shape index (κ2) is 14.1. The molecular formula is C23H25Cl2IN4O5. The van der Waals surface area contributed by atoms with E-state index in [-0.39, 0.29) is 12.6 Å². The molecule has 0 spiro atoms. The van der Waals surface area contributed by atoms with Crippen LogP contribution in [0, 0.1) is 3.57 Å². The molecule has 3 N–H and O–H groups in total. The van der Waals surface area contributed by atoms with Crippen molar-refractivity contribution in [1.29, 1.82) is 0 Å². The summed E-state index contributed by atoms with van der Waals surface area (Å²) in [5.74, 6) is -1.29. The Bertz CT molecular complexity index is 1110. The van der Waals surface area contributed by atoms with Crippen LogP contribution in [-0.2, 0) is 14.4 Å². The summed E-state index contributed by atoms with van der Waals surface area (Å²) in [6.45, 7) is 5.57. The molecule has 0 fully saturated rings. The van der Waals surface area contributed by atoms with Crippen molar-refractivity contribution in [2.24, 2.45) is 5.10 Å². The summed E-state index contributed by atoms with van der Waals surface area (Å²) in [4.78, 5) is 36.0. The first-order valence-corrected chi connectivity index (χ1v) is 12.5. The fraction of sp³-hybridized carbons (Fsp3) is 0.304. The summed E-state index contributed by atoms with van der Waals surface area (Å²) in [6, 6.07) is 7.98. The highest BCUT2D eigenvalue weighted by Crippen LogP contribution is 2.34. The van der Waals surface area contributed by atoms with E-state index in [0.29, 0.717) is 49.4 Å². The molecule has 0 aliphatic rings. The number of carbonyl (C=O) groups excluding carboxylic acids is 3. The predicted octanol–water partition coefficient (Wildman–Crippen LogP) is 4.38. The van der Waals surface area contributed by atoms with Crippen molar-refractivity contribution in [3.05, 3.63) is 49.5 Å². The molecule has 0 heterocycles. The Morgan fingerprint density at radius 2 is 1.86 bits per heavy atom. The number of hydrazone groups is 1. The maximum absolute atomic E-state index is 12.4. The largest absolute Gasteiger partial charge is 0.490 e. The van der Waals surface area contributed by atoms with Crippen molar-refractivity contribution >= 4 is 75.4 Å².